The number of aliphatic hydroxyl groups is 1. The topological polar surface area (TPSA) is 203 Å². The van der Waals surface area contributed by atoms with E-state index in [1.54, 1.807) is 19.1 Å². The molecule has 0 aliphatic heterocycles. The lowest BCUT2D eigenvalue weighted by atomic mass is 9.52. The van der Waals surface area contributed by atoms with Crippen LogP contribution in [0, 0.1) is 23.7 Å². The van der Waals surface area contributed by atoms with E-state index in [0.717, 1.165) is 11.1 Å². The third-order valence-electron chi connectivity index (χ3n) is 10.9. The lowest BCUT2D eigenvalue weighted by molar-refractivity contribution is -0.181. The van der Waals surface area contributed by atoms with Gasteiger partial charge in [0.05, 0.1) is 31.2 Å². The molecule has 0 saturated heterocycles. The Hall–Kier alpha value is -5.24. The molecule has 2 fully saturated rings. The molecule has 3 aromatic rings. The molecule has 0 heterocycles. The van der Waals surface area contributed by atoms with E-state index in [0.29, 0.717) is 28.9 Å². The number of aromatic hydroxyl groups is 1. The molecule has 3 aliphatic carbocycles. The van der Waals surface area contributed by atoms with E-state index in [1.807, 2.05) is 42.5 Å². The van der Waals surface area contributed by atoms with Gasteiger partial charge in [-0.15, -0.1) is 0 Å². The number of amides is 1. The number of carbonyl (C=O) groups excluding carboxylic acids is 6. The van der Waals surface area contributed by atoms with Gasteiger partial charge in [0.25, 0.3) is 0 Å². The van der Waals surface area contributed by atoms with Gasteiger partial charge in [-0.3, -0.25) is 33.7 Å². The van der Waals surface area contributed by atoms with Crippen LogP contribution < -0.4 is 15.8 Å². The van der Waals surface area contributed by atoms with E-state index in [4.69, 9.17) is 15.2 Å². The summed E-state index contributed by atoms with van der Waals surface area (Å²) in [5, 5.41) is 26.3. The van der Waals surface area contributed by atoms with Crippen molar-refractivity contribution in [2.45, 2.75) is 50.4 Å². The van der Waals surface area contributed by atoms with Crippen molar-refractivity contribution in [1.82, 2.24) is 10.2 Å². The number of phenols is 1. The Morgan fingerprint density at radius 2 is 1.72 bits per heavy atom. The van der Waals surface area contributed by atoms with E-state index < -0.39 is 70.4 Å². The van der Waals surface area contributed by atoms with Gasteiger partial charge in [-0.05, 0) is 86.7 Å². The molecule has 1 amide bonds. The fraction of sp³-hybridized carbons (Fsp3) is 0.400. The number of rotatable bonds is 11. The average molecular weight is 726 g/mol. The number of methoxy groups -OCH3 is 1. The van der Waals surface area contributed by atoms with Gasteiger partial charge in [-0.1, -0.05) is 42.5 Å². The van der Waals surface area contributed by atoms with Crippen molar-refractivity contribution < 1.29 is 48.5 Å². The van der Waals surface area contributed by atoms with Gasteiger partial charge in [0, 0.05) is 18.0 Å². The maximum atomic E-state index is 14.3. The van der Waals surface area contributed by atoms with Crippen molar-refractivity contribution in [3.05, 3.63) is 82.9 Å². The highest BCUT2D eigenvalue weighted by molar-refractivity contribution is 6.32. The number of nitrogens with two attached hydrogens (primary N) is 1. The van der Waals surface area contributed by atoms with E-state index in [1.165, 1.54) is 32.2 Å². The van der Waals surface area contributed by atoms with Crippen LogP contribution >= 0.6 is 0 Å². The molecule has 0 aromatic heterocycles. The highest BCUT2D eigenvalue weighted by Gasteiger charge is 2.69. The molecular weight excluding hydrogens is 682 g/mol. The Morgan fingerprint density at radius 1 is 1.00 bits per heavy atom. The van der Waals surface area contributed by atoms with Crippen molar-refractivity contribution in [2.75, 3.05) is 27.8 Å². The van der Waals surface area contributed by atoms with Crippen LogP contribution in [-0.4, -0.2) is 95.6 Å². The molecule has 7 atom stereocenters. The Kier molecular flexibility index (Phi) is 10.4. The molecule has 278 valence electrons. The summed E-state index contributed by atoms with van der Waals surface area (Å²) < 4.78 is 11.1. The number of primary amides is 1. The first-order valence-corrected chi connectivity index (χ1v) is 17.5. The second-order valence-corrected chi connectivity index (χ2v) is 14.2. The normalized spacial score (nSPS) is 25.7. The second-order valence-electron chi connectivity index (χ2n) is 14.2. The molecule has 0 radical (unpaired) electrons. The molecule has 0 bridgehead atoms. The minimum absolute atomic E-state index is 0.0727. The summed E-state index contributed by atoms with van der Waals surface area (Å²) in [5.41, 5.74) is 5.80. The number of phenolic OH excluding ortho intramolecular Hbond substituents is 1. The predicted molar refractivity (Wildman–Crippen MR) is 191 cm³/mol. The van der Waals surface area contributed by atoms with E-state index in [2.05, 4.69) is 5.32 Å². The molecule has 0 spiro atoms. The van der Waals surface area contributed by atoms with Crippen molar-refractivity contribution >= 4 is 35.0 Å². The number of hydrogen-bond donors (Lipinski definition) is 4. The number of nitrogens with zero attached hydrogens (tertiary/aromatic N) is 1. The molecule has 3 aliphatic rings. The Labute approximate surface area is 306 Å². The van der Waals surface area contributed by atoms with Crippen molar-refractivity contribution in [3.8, 4) is 22.6 Å². The smallest absolute Gasteiger partial charge is 0.323 e. The minimum Gasteiger partial charge on any atom is -0.507 e. The highest BCUT2D eigenvalue weighted by atomic mass is 16.5. The van der Waals surface area contributed by atoms with Crippen LogP contribution in [0.1, 0.15) is 40.4 Å². The molecule has 13 nitrogen and oxygen atoms in total. The summed E-state index contributed by atoms with van der Waals surface area (Å²) in [7, 11) is 4.57. The molecule has 4 unspecified atom stereocenters. The standard InChI is InChI=1S/C40H43N3O10/c1-5-53-39(50)27(16-20-9-7-6-8-10-20)42-19-21-11-14-29(52-4)24(15-21)23-12-13-28(44)31-25(23)17-22-18-26-33(43(2)3)35(46)32(38(41)49)37(48)40(26,51)36(47)30(22)34(31)45/h6-15,22,26-27,30,32-33,42,44,51H,5,16-19H2,1-4H3,(H2,41,49)/t22-,26-,27?,30?,32?,33?,40-/m0/s1. The van der Waals surface area contributed by atoms with Gasteiger partial charge >= 0.3 is 5.97 Å². The van der Waals surface area contributed by atoms with Crippen LogP contribution in [0.5, 0.6) is 11.5 Å². The number of ketones is 4. The van der Waals surface area contributed by atoms with Crippen LogP contribution in [-0.2, 0) is 48.1 Å². The van der Waals surface area contributed by atoms with E-state index in [9.17, 15) is 39.0 Å². The first-order valence-electron chi connectivity index (χ1n) is 17.5. The number of nitrogens with one attached hydrogen (secondary N) is 1. The number of esters is 1. The molecule has 3 aromatic carbocycles. The number of benzene rings is 3. The van der Waals surface area contributed by atoms with Gasteiger partial charge < -0.3 is 30.7 Å². The summed E-state index contributed by atoms with van der Waals surface area (Å²) in [4.78, 5) is 82.2. The van der Waals surface area contributed by atoms with Crippen LogP contribution in [0.15, 0.2) is 60.7 Å². The van der Waals surface area contributed by atoms with Gasteiger partial charge in [-0.25, -0.2) is 0 Å². The van der Waals surface area contributed by atoms with Gasteiger partial charge in [0.15, 0.2) is 34.7 Å². The predicted octanol–water partition coefficient (Wildman–Crippen LogP) is 1.81. The maximum Gasteiger partial charge on any atom is 0.323 e. The van der Waals surface area contributed by atoms with Crippen molar-refractivity contribution in [3.63, 3.8) is 0 Å². The largest absolute Gasteiger partial charge is 0.507 e. The Bertz CT molecular complexity index is 2000. The SMILES string of the molecule is CCOC(=O)C(Cc1ccccc1)NCc1ccc(OC)c(-c2ccc(O)c3c2C[C@H]2C[C@H]4C(N(C)C)C(=O)C(C(N)=O)C(=O)[C@@]4(O)C(=O)C2C3=O)c1. The summed E-state index contributed by atoms with van der Waals surface area (Å²) in [6.45, 7) is 2.25. The Balaban J connectivity index is 1.37. The van der Waals surface area contributed by atoms with Crippen molar-refractivity contribution in [2.24, 2.45) is 29.4 Å². The Morgan fingerprint density at radius 3 is 2.36 bits per heavy atom. The molecule has 13 heteroatoms. The molecule has 2 saturated carbocycles. The lowest BCUT2D eigenvalue weighted by Crippen LogP contribution is -2.74. The van der Waals surface area contributed by atoms with Gasteiger partial charge in [-0.2, -0.15) is 0 Å². The molecular formula is C40H43N3O10. The monoisotopic (exact) mass is 725 g/mol. The number of hydrogen-bond acceptors (Lipinski definition) is 12. The lowest BCUT2D eigenvalue weighted by Gasteiger charge is -2.52. The molecule has 53 heavy (non-hydrogen) atoms. The van der Waals surface area contributed by atoms with E-state index >= 15 is 0 Å². The number of fused-ring (bicyclic) bond motifs is 3. The van der Waals surface area contributed by atoms with Crippen LogP contribution in [0.25, 0.3) is 11.1 Å². The average Bonchev–Trinajstić information content (AvgIpc) is 3.12. The zero-order valence-electron chi connectivity index (χ0n) is 30.0. The van der Waals surface area contributed by atoms with Gasteiger partial charge in [0.1, 0.15) is 17.5 Å². The highest BCUT2D eigenvalue weighted by Crippen LogP contribution is 2.52. The summed E-state index contributed by atoms with van der Waals surface area (Å²) >= 11 is 0. The fourth-order valence-electron chi connectivity index (χ4n) is 8.51. The van der Waals surface area contributed by atoms with Crippen LogP contribution in [0.4, 0.5) is 0 Å². The zero-order chi connectivity index (χ0) is 38.4. The van der Waals surface area contributed by atoms with Crippen molar-refractivity contribution in [1.29, 1.82) is 0 Å². The second kappa shape index (κ2) is 14.6. The third-order valence-corrected chi connectivity index (χ3v) is 10.9. The third kappa shape index (κ3) is 6.42. The summed E-state index contributed by atoms with van der Waals surface area (Å²) in [6.07, 6.45) is 0.419. The fourth-order valence-corrected chi connectivity index (χ4v) is 8.51. The number of likely N-dealkylation sites (N-methyl/N-ethyl adjacent to an activating group) is 1. The van der Waals surface area contributed by atoms with Crippen LogP contribution in [0.2, 0.25) is 0 Å². The van der Waals surface area contributed by atoms with Crippen LogP contribution in [0.3, 0.4) is 0 Å². The summed E-state index contributed by atoms with van der Waals surface area (Å²) in [5.74, 6) is -11.1. The minimum atomic E-state index is -2.81. The number of ether oxygens (including phenoxy) is 2. The summed E-state index contributed by atoms with van der Waals surface area (Å²) in [6, 6.07) is 16.2. The maximum absolute atomic E-state index is 14.3. The van der Waals surface area contributed by atoms with E-state index in [-0.39, 0.29) is 43.3 Å². The molecule has 6 rings (SSSR count). The zero-order valence-corrected chi connectivity index (χ0v) is 30.0. The van der Waals surface area contributed by atoms with Gasteiger partial charge in [0.2, 0.25) is 5.91 Å². The first-order chi connectivity index (χ1) is 25.2. The molecule has 5 N–H and O–H groups in total. The number of carbonyl (C=O) groups is 6. The number of Topliss-reactive ketones (excluding diaryl/α,β-unsaturated/α-hetero) is 4. The quantitative estimate of drug-likeness (QED) is 0.165. The first kappa shape index (κ1) is 37.5.